The molecule has 100 valence electrons. The molecule has 4 nitrogen and oxygen atoms in total. The Morgan fingerprint density at radius 3 is 2.60 bits per heavy atom. The van der Waals surface area contributed by atoms with Crippen molar-refractivity contribution in [3.8, 4) is 0 Å². The molecule has 0 aliphatic heterocycles. The molecule has 0 amide bonds. The molecule has 0 fully saturated rings. The zero-order valence-corrected chi connectivity index (χ0v) is 11.7. The third kappa shape index (κ3) is 2.58. The summed E-state index contributed by atoms with van der Waals surface area (Å²) in [5.41, 5.74) is 1.52. The van der Waals surface area contributed by atoms with Crippen LogP contribution in [0.4, 0.5) is 0 Å². The lowest BCUT2D eigenvalue weighted by atomic mass is 10.2. The third-order valence-corrected chi connectivity index (χ3v) is 4.02. The highest BCUT2D eigenvalue weighted by Gasteiger charge is 2.11. The molecule has 5 heteroatoms. The minimum atomic E-state index is -0.293. The molecule has 0 N–H and O–H groups in total. The maximum absolute atomic E-state index is 11.9. The highest BCUT2D eigenvalue weighted by molar-refractivity contribution is 7.99. The van der Waals surface area contributed by atoms with Crippen molar-refractivity contribution in [1.29, 1.82) is 0 Å². The molecule has 0 aliphatic rings. The van der Waals surface area contributed by atoms with Crippen LogP contribution < -0.4 is 5.69 Å². The Kier molecular flexibility index (Phi) is 3.52. The number of hydrogen-bond acceptors (Lipinski definition) is 4. The van der Waals surface area contributed by atoms with Crippen LogP contribution in [0.1, 0.15) is 17.7 Å². The normalized spacial score (nSPS) is 12.4. The monoisotopic (exact) mass is 283 g/mol. The van der Waals surface area contributed by atoms with E-state index in [1.165, 1.54) is 21.7 Å². The van der Waals surface area contributed by atoms with Crippen LogP contribution in [-0.4, -0.2) is 14.4 Å². The van der Waals surface area contributed by atoms with Gasteiger partial charge in [0.2, 0.25) is 0 Å². The lowest BCUT2D eigenvalue weighted by molar-refractivity contribution is 0.843. The van der Waals surface area contributed by atoms with E-state index in [1.807, 2.05) is 24.3 Å². The van der Waals surface area contributed by atoms with Gasteiger partial charge < -0.3 is 0 Å². The number of pyridine rings is 1. The van der Waals surface area contributed by atoms with Crippen molar-refractivity contribution in [1.82, 2.24) is 14.4 Å². The molecule has 0 unspecified atom stereocenters. The van der Waals surface area contributed by atoms with Crippen molar-refractivity contribution in [2.45, 2.75) is 17.3 Å². The minimum Gasteiger partial charge on any atom is -0.251 e. The summed E-state index contributed by atoms with van der Waals surface area (Å²) in [5.74, 6) is 0. The first-order chi connectivity index (χ1) is 9.74. The Balaban J connectivity index is 1.93. The lowest BCUT2D eigenvalue weighted by Crippen LogP contribution is -2.18. The predicted octanol–water partition coefficient (Wildman–Crippen LogP) is 2.94. The molecule has 0 aliphatic carbocycles. The molecule has 20 heavy (non-hydrogen) atoms. The Labute approximate surface area is 120 Å². The first kappa shape index (κ1) is 12.9. The molecule has 0 bridgehead atoms. The van der Waals surface area contributed by atoms with Gasteiger partial charge in [0, 0.05) is 11.4 Å². The van der Waals surface area contributed by atoms with Crippen LogP contribution in [0.15, 0.2) is 64.7 Å². The van der Waals surface area contributed by atoms with Gasteiger partial charge in [-0.05, 0) is 24.6 Å². The molecule has 3 rings (SSSR count). The number of nitrogens with zero attached hydrogens (tertiary/aromatic N) is 3. The van der Waals surface area contributed by atoms with Crippen LogP contribution in [0.2, 0.25) is 0 Å². The first-order valence-electron chi connectivity index (χ1n) is 6.31. The zero-order valence-electron chi connectivity index (χ0n) is 10.9. The summed E-state index contributed by atoms with van der Waals surface area (Å²) in [6.07, 6.45) is 1.67. The van der Waals surface area contributed by atoms with Gasteiger partial charge >= 0.3 is 5.69 Å². The van der Waals surface area contributed by atoms with Gasteiger partial charge in [0.25, 0.3) is 0 Å². The van der Waals surface area contributed by atoms with Gasteiger partial charge in [0.05, 0.1) is 0 Å². The summed E-state index contributed by atoms with van der Waals surface area (Å²) < 4.78 is 1.44. The van der Waals surface area contributed by atoms with E-state index in [0.717, 1.165) is 0 Å². The largest absolute Gasteiger partial charge is 0.355 e. The Morgan fingerprint density at radius 2 is 1.80 bits per heavy atom. The average Bonchev–Trinajstić information content (AvgIpc) is 2.48. The Morgan fingerprint density at radius 1 is 1.05 bits per heavy atom. The van der Waals surface area contributed by atoms with E-state index in [9.17, 15) is 4.79 Å². The fourth-order valence-corrected chi connectivity index (χ4v) is 2.84. The van der Waals surface area contributed by atoms with E-state index in [2.05, 4.69) is 29.0 Å². The van der Waals surface area contributed by atoms with Gasteiger partial charge in [0.1, 0.15) is 5.65 Å². The third-order valence-electron chi connectivity index (χ3n) is 3.00. The number of aromatic nitrogens is 3. The average molecular weight is 283 g/mol. The van der Waals surface area contributed by atoms with Gasteiger partial charge in [0.15, 0.2) is 5.16 Å². The quantitative estimate of drug-likeness (QED) is 0.693. The summed E-state index contributed by atoms with van der Waals surface area (Å²) in [7, 11) is 0. The number of benzene rings is 1. The molecule has 0 radical (unpaired) electrons. The topological polar surface area (TPSA) is 47.3 Å². The SMILES string of the molecule is C[C@@H](Sc1nc(=O)n2ccccc2n1)c1ccccc1. The molecule has 0 spiro atoms. The van der Waals surface area contributed by atoms with Crippen LogP contribution in [-0.2, 0) is 0 Å². The minimum absolute atomic E-state index is 0.196. The molecule has 2 heterocycles. The molecule has 3 aromatic rings. The molecule has 0 saturated heterocycles. The first-order valence-corrected chi connectivity index (χ1v) is 7.19. The van der Waals surface area contributed by atoms with Crippen molar-refractivity contribution in [2.24, 2.45) is 0 Å². The van der Waals surface area contributed by atoms with Crippen LogP contribution >= 0.6 is 11.8 Å². The molecular weight excluding hydrogens is 270 g/mol. The highest BCUT2D eigenvalue weighted by Crippen LogP contribution is 2.31. The molecule has 1 atom stereocenters. The zero-order chi connectivity index (χ0) is 13.9. The van der Waals surface area contributed by atoms with Gasteiger partial charge in [-0.1, -0.05) is 48.2 Å². The second kappa shape index (κ2) is 5.46. The maximum atomic E-state index is 11.9. The van der Waals surface area contributed by atoms with Crippen molar-refractivity contribution < 1.29 is 0 Å². The Bertz CT molecular complexity index is 786. The van der Waals surface area contributed by atoms with Crippen molar-refractivity contribution >= 4 is 17.4 Å². The summed E-state index contributed by atoms with van der Waals surface area (Å²) in [6, 6.07) is 15.6. The van der Waals surface area contributed by atoms with Crippen molar-refractivity contribution in [2.75, 3.05) is 0 Å². The fourth-order valence-electron chi connectivity index (χ4n) is 1.95. The van der Waals surface area contributed by atoms with Gasteiger partial charge in [-0.3, -0.25) is 4.40 Å². The van der Waals surface area contributed by atoms with E-state index in [0.29, 0.717) is 10.8 Å². The predicted molar refractivity (Wildman–Crippen MR) is 80.0 cm³/mol. The van der Waals surface area contributed by atoms with Crippen molar-refractivity contribution in [3.63, 3.8) is 0 Å². The second-order valence-corrected chi connectivity index (χ2v) is 5.70. The Hall–Kier alpha value is -2.14. The summed E-state index contributed by atoms with van der Waals surface area (Å²) in [5, 5.41) is 0.708. The number of rotatable bonds is 3. The standard InChI is InChI=1S/C15H13N3OS/c1-11(12-7-3-2-4-8-12)20-14-16-13-9-5-6-10-18(13)15(19)17-14/h2-11H,1H3/t11-/m1/s1. The number of hydrogen-bond donors (Lipinski definition) is 0. The van der Waals surface area contributed by atoms with E-state index >= 15 is 0 Å². The van der Waals surface area contributed by atoms with Gasteiger partial charge in [-0.2, -0.15) is 4.98 Å². The van der Waals surface area contributed by atoms with E-state index in [4.69, 9.17) is 0 Å². The lowest BCUT2D eigenvalue weighted by Gasteiger charge is -2.10. The highest BCUT2D eigenvalue weighted by atomic mass is 32.2. The maximum Gasteiger partial charge on any atom is 0.355 e. The number of thioether (sulfide) groups is 1. The fraction of sp³-hybridized carbons (Fsp3) is 0.133. The van der Waals surface area contributed by atoms with Crippen LogP contribution in [0.5, 0.6) is 0 Å². The molecular formula is C15H13N3OS. The number of fused-ring (bicyclic) bond motifs is 1. The molecule has 0 saturated carbocycles. The molecule has 1 aromatic carbocycles. The summed E-state index contributed by atoms with van der Waals surface area (Å²) >= 11 is 1.49. The van der Waals surface area contributed by atoms with Crippen molar-refractivity contribution in [3.05, 3.63) is 70.8 Å². The summed E-state index contributed by atoms with van der Waals surface area (Å²) in [6.45, 7) is 2.08. The van der Waals surface area contributed by atoms with Crippen LogP contribution in [0.3, 0.4) is 0 Å². The van der Waals surface area contributed by atoms with E-state index in [-0.39, 0.29) is 10.9 Å². The van der Waals surface area contributed by atoms with Gasteiger partial charge in [-0.15, -0.1) is 0 Å². The second-order valence-electron chi connectivity index (χ2n) is 4.39. The van der Waals surface area contributed by atoms with E-state index in [1.54, 1.807) is 18.3 Å². The molecule has 2 aromatic heterocycles. The smallest absolute Gasteiger partial charge is 0.251 e. The van der Waals surface area contributed by atoms with Crippen LogP contribution in [0, 0.1) is 0 Å². The van der Waals surface area contributed by atoms with E-state index < -0.39 is 0 Å². The van der Waals surface area contributed by atoms with Crippen LogP contribution in [0.25, 0.3) is 5.65 Å². The summed E-state index contributed by atoms with van der Waals surface area (Å²) in [4.78, 5) is 20.4. The van der Waals surface area contributed by atoms with Gasteiger partial charge in [-0.25, -0.2) is 9.78 Å².